The number of esters is 2. The maximum absolute atomic E-state index is 12.6. The molecule has 0 aliphatic carbocycles. The van der Waals surface area contributed by atoms with E-state index in [4.69, 9.17) is 23.1 Å². The summed E-state index contributed by atoms with van der Waals surface area (Å²) >= 11 is 0. The van der Waals surface area contributed by atoms with Crippen molar-refractivity contribution in [3.63, 3.8) is 0 Å². The van der Waals surface area contributed by atoms with Crippen molar-refractivity contribution < 1.29 is 50.7 Å². The molecule has 3 atom stereocenters. The van der Waals surface area contributed by atoms with Gasteiger partial charge in [-0.3, -0.25) is 33.4 Å². The highest BCUT2D eigenvalue weighted by Gasteiger charge is 2.37. The molecule has 2 aromatic carbocycles. The average Bonchev–Trinajstić information content (AvgIpc) is 3.87. The fraction of sp³-hybridized carbons (Fsp3) is 0.673. The van der Waals surface area contributed by atoms with E-state index in [1.165, 1.54) is 24.0 Å². The molecule has 0 aromatic heterocycles. The first kappa shape index (κ1) is 52.0. The van der Waals surface area contributed by atoms with Gasteiger partial charge in [-0.25, -0.2) is 9.59 Å². The summed E-state index contributed by atoms with van der Waals surface area (Å²) in [6.45, 7) is 16.2. The number of piperazine rings is 1. The first-order valence-corrected chi connectivity index (χ1v) is 26.2. The molecule has 67 heavy (non-hydrogen) atoms. The van der Waals surface area contributed by atoms with Crippen molar-refractivity contribution in [1.82, 2.24) is 29.4 Å². The van der Waals surface area contributed by atoms with Crippen molar-refractivity contribution in [2.24, 2.45) is 11.8 Å². The Kier molecular flexibility index (Phi) is 20.5. The first-order chi connectivity index (χ1) is 32.3. The number of benzene rings is 2. The SMILES string of the molecule is CCOC(=O)CC(C(=O)OCC)N1CCN(CC2CN(CCC3CCN(Cc4ccccc4)CC3)C(=O)O2)CC1.CS(=O)(=O)OCC1CN(CCC2CCN(Cc3ccccc3)CC2)C(=O)O1. The summed E-state index contributed by atoms with van der Waals surface area (Å²) in [6, 6.07) is 20.5. The summed E-state index contributed by atoms with van der Waals surface area (Å²) in [7, 11) is -3.52. The van der Waals surface area contributed by atoms with Crippen LogP contribution in [0.4, 0.5) is 9.59 Å². The zero-order chi connectivity index (χ0) is 47.6. The maximum atomic E-state index is 12.6. The van der Waals surface area contributed by atoms with Crippen LogP contribution < -0.4 is 0 Å². The Morgan fingerprint density at radius 3 is 1.61 bits per heavy atom. The van der Waals surface area contributed by atoms with Gasteiger partial charge in [-0.1, -0.05) is 60.7 Å². The number of likely N-dealkylation sites (tertiary alicyclic amines) is 2. The van der Waals surface area contributed by atoms with E-state index in [2.05, 4.69) is 69.3 Å². The van der Waals surface area contributed by atoms with Gasteiger partial charge < -0.3 is 28.7 Å². The summed E-state index contributed by atoms with van der Waals surface area (Å²) < 4.78 is 48.0. The van der Waals surface area contributed by atoms with Crippen LogP contribution in [0.3, 0.4) is 0 Å². The standard InChI is InChI=1S/C30H46N4O6.C19H28N2O5S/c1-3-38-28(35)20-27(29(36)39-4-2)33-18-16-32(17-19-33)22-26-23-34(30(37)40-26)15-12-24-10-13-31(14-11-24)21-25-8-6-5-7-9-25;1-27(23,24)25-15-18-14-21(19(22)26-18)12-9-16-7-10-20(11-8-16)13-17-5-3-2-4-6-17/h5-9,24,26-27H,3-4,10-23H2,1-2H3;2-6,16,18H,7-15H2,1H3. The first-order valence-electron chi connectivity index (χ1n) is 24.4. The molecule has 17 nitrogen and oxygen atoms in total. The monoisotopic (exact) mass is 955 g/mol. The minimum absolute atomic E-state index is 0.00603. The van der Waals surface area contributed by atoms with Crippen molar-refractivity contribution >= 4 is 34.2 Å². The lowest BCUT2D eigenvalue weighted by molar-refractivity contribution is -0.157. The van der Waals surface area contributed by atoms with E-state index < -0.39 is 28.2 Å². The molecular weight excluding hydrogens is 881 g/mol. The van der Waals surface area contributed by atoms with Crippen LogP contribution in [0, 0.1) is 11.8 Å². The zero-order valence-corrected chi connectivity index (χ0v) is 40.7. The zero-order valence-electron chi connectivity index (χ0n) is 39.9. The summed E-state index contributed by atoms with van der Waals surface area (Å²) in [6.07, 6.45) is 6.33. The Morgan fingerprint density at radius 1 is 0.657 bits per heavy atom. The number of ether oxygens (including phenoxy) is 4. The van der Waals surface area contributed by atoms with Crippen LogP contribution in [-0.4, -0.2) is 191 Å². The van der Waals surface area contributed by atoms with Gasteiger partial charge in [-0.05, 0) is 102 Å². The van der Waals surface area contributed by atoms with E-state index in [9.17, 15) is 27.6 Å². The van der Waals surface area contributed by atoms with E-state index in [-0.39, 0.29) is 50.5 Å². The smallest absolute Gasteiger partial charge is 0.410 e. The third-order valence-electron chi connectivity index (χ3n) is 13.4. The van der Waals surface area contributed by atoms with Gasteiger partial charge in [0.2, 0.25) is 0 Å². The largest absolute Gasteiger partial charge is 0.466 e. The van der Waals surface area contributed by atoms with Gasteiger partial charge in [-0.2, -0.15) is 8.42 Å². The number of hydrogen-bond acceptors (Lipinski definition) is 15. The molecule has 0 bridgehead atoms. The molecule has 0 radical (unpaired) electrons. The minimum Gasteiger partial charge on any atom is -0.466 e. The van der Waals surface area contributed by atoms with Gasteiger partial charge in [0.1, 0.15) is 24.9 Å². The third-order valence-corrected chi connectivity index (χ3v) is 14.0. The third kappa shape index (κ3) is 17.6. The molecule has 5 fully saturated rings. The molecule has 2 aromatic rings. The Labute approximate surface area is 398 Å². The molecule has 5 heterocycles. The van der Waals surface area contributed by atoms with E-state index in [0.29, 0.717) is 51.1 Å². The van der Waals surface area contributed by atoms with Crippen molar-refractivity contribution in [2.45, 2.75) is 90.1 Å². The average molecular weight is 955 g/mol. The van der Waals surface area contributed by atoms with E-state index in [0.717, 1.165) is 90.8 Å². The van der Waals surface area contributed by atoms with Crippen molar-refractivity contribution in [3.05, 3.63) is 71.8 Å². The number of cyclic esters (lactones) is 2. The van der Waals surface area contributed by atoms with Crippen molar-refractivity contribution in [2.75, 3.05) is 111 Å². The van der Waals surface area contributed by atoms with Gasteiger partial charge >= 0.3 is 24.1 Å². The molecule has 3 unspecified atom stereocenters. The van der Waals surface area contributed by atoms with Gasteiger partial charge in [0.25, 0.3) is 10.1 Å². The quantitative estimate of drug-likeness (QED) is 0.0960. The Hall–Kier alpha value is -4.33. The van der Waals surface area contributed by atoms with Gasteiger partial charge in [0, 0.05) is 58.9 Å². The summed E-state index contributed by atoms with van der Waals surface area (Å²) in [5, 5.41) is 0. The number of hydrogen-bond donors (Lipinski definition) is 0. The fourth-order valence-corrected chi connectivity index (χ4v) is 10.0. The van der Waals surface area contributed by atoms with Crippen LogP contribution in [0.25, 0.3) is 0 Å². The molecular formula is C49H74N6O11S. The maximum Gasteiger partial charge on any atom is 0.410 e. The second-order valence-corrected chi connectivity index (χ2v) is 20.1. The van der Waals surface area contributed by atoms with E-state index in [1.807, 2.05) is 15.9 Å². The second-order valence-electron chi connectivity index (χ2n) is 18.5. The Morgan fingerprint density at radius 2 is 1.13 bits per heavy atom. The van der Waals surface area contributed by atoms with Gasteiger partial charge in [0.15, 0.2) is 0 Å². The van der Waals surface area contributed by atoms with E-state index >= 15 is 0 Å². The highest BCUT2D eigenvalue weighted by Crippen LogP contribution is 2.26. The van der Waals surface area contributed by atoms with Crippen LogP contribution in [0.5, 0.6) is 0 Å². The highest BCUT2D eigenvalue weighted by molar-refractivity contribution is 7.85. The van der Waals surface area contributed by atoms with Crippen LogP contribution in [0.1, 0.15) is 69.9 Å². The van der Waals surface area contributed by atoms with Crippen LogP contribution in [0.2, 0.25) is 0 Å². The molecule has 5 aliphatic rings. The predicted molar refractivity (Wildman–Crippen MR) is 252 cm³/mol. The molecule has 0 N–H and O–H groups in total. The van der Waals surface area contributed by atoms with Gasteiger partial charge in [0.05, 0.1) is 39.0 Å². The number of piperidine rings is 2. The number of rotatable bonds is 21. The van der Waals surface area contributed by atoms with Crippen LogP contribution in [-0.2, 0) is 55.9 Å². The number of carbonyl (C=O) groups excluding carboxylic acids is 4. The molecule has 372 valence electrons. The van der Waals surface area contributed by atoms with Gasteiger partial charge in [-0.15, -0.1) is 0 Å². The lowest BCUT2D eigenvalue weighted by Gasteiger charge is -2.38. The lowest BCUT2D eigenvalue weighted by Crippen LogP contribution is -2.54. The molecule has 18 heteroatoms. The van der Waals surface area contributed by atoms with Crippen LogP contribution >= 0.6 is 0 Å². The minimum atomic E-state index is -3.52. The molecule has 2 amide bonds. The molecule has 5 aliphatic heterocycles. The molecule has 5 saturated heterocycles. The molecule has 0 spiro atoms. The lowest BCUT2D eigenvalue weighted by atomic mass is 9.93. The normalized spacial score (nSPS) is 22.2. The predicted octanol–water partition coefficient (Wildman–Crippen LogP) is 4.70. The second kappa shape index (κ2) is 26.4. The highest BCUT2D eigenvalue weighted by atomic mass is 32.2. The Bertz CT molecular complexity index is 1940. The van der Waals surface area contributed by atoms with E-state index in [1.54, 1.807) is 18.7 Å². The topological polar surface area (TPSA) is 168 Å². The number of carbonyl (C=O) groups is 4. The number of amides is 2. The fourth-order valence-electron chi connectivity index (χ4n) is 9.65. The summed E-state index contributed by atoms with van der Waals surface area (Å²) in [4.78, 5) is 61.9. The van der Waals surface area contributed by atoms with Crippen molar-refractivity contribution in [1.29, 1.82) is 0 Å². The summed E-state index contributed by atoms with van der Waals surface area (Å²) in [5.74, 6) is 0.481. The molecule has 0 saturated carbocycles. The molecule has 7 rings (SSSR count). The summed E-state index contributed by atoms with van der Waals surface area (Å²) in [5.41, 5.74) is 2.71. The van der Waals surface area contributed by atoms with Crippen molar-refractivity contribution in [3.8, 4) is 0 Å². The van der Waals surface area contributed by atoms with Crippen LogP contribution in [0.15, 0.2) is 60.7 Å². The Balaban J connectivity index is 0.000000238. The number of nitrogens with zero attached hydrogens (tertiary/aromatic N) is 6.